The monoisotopic (exact) mass is 390 g/mol. The van der Waals surface area contributed by atoms with E-state index in [-0.39, 0.29) is 17.5 Å². The number of aliphatic carboxylic acids is 1. The zero-order chi connectivity index (χ0) is 18.8. The van der Waals surface area contributed by atoms with Crippen molar-refractivity contribution in [1.29, 1.82) is 0 Å². The maximum absolute atomic E-state index is 11.0. The predicted octanol–water partition coefficient (Wildman–Crippen LogP) is 5.10. The van der Waals surface area contributed by atoms with Crippen molar-refractivity contribution in [2.24, 2.45) is 0 Å². The Morgan fingerprint density at radius 1 is 1.00 bits per heavy atom. The molecule has 140 valence electrons. The van der Waals surface area contributed by atoms with Crippen molar-refractivity contribution in [2.75, 3.05) is 12.4 Å². The Bertz CT molecular complexity index is 659. The first-order valence-electron chi connectivity index (χ1n) is 8.60. The molecule has 0 aliphatic rings. The van der Waals surface area contributed by atoms with E-state index in [4.69, 9.17) is 9.84 Å². The van der Waals surface area contributed by atoms with E-state index in [0.717, 1.165) is 17.3 Å². The fourth-order valence-corrected chi connectivity index (χ4v) is 4.86. The molecule has 0 amide bonds. The Morgan fingerprint density at radius 2 is 1.54 bits per heavy atom. The lowest BCUT2D eigenvalue weighted by molar-refractivity contribution is -0.144. The molecule has 2 rings (SSSR count). The number of rotatable bonds is 11. The first-order chi connectivity index (χ1) is 12.5. The van der Waals surface area contributed by atoms with E-state index in [2.05, 4.69) is 38.1 Å². The van der Waals surface area contributed by atoms with E-state index in [9.17, 15) is 4.79 Å². The summed E-state index contributed by atoms with van der Waals surface area (Å²) in [6, 6.07) is 20.6. The predicted molar refractivity (Wildman–Crippen MR) is 112 cm³/mol. The molecule has 0 saturated carbocycles. The van der Waals surface area contributed by atoms with Crippen LogP contribution in [-0.2, 0) is 21.0 Å². The van der Waals surface area contributed by atoms with Crippen LogP contribution >= 0.6 is 23.5 Å². The van der Waals surface area contributed by atoms with Crippen LogP contribution in [-0.4, -0.2) is 34.3 Å². The number of carboxylic acid groups (broad SMARTS) is 1. The van der Waals surface area contributed by atoms with Crippen LogP contribution in [0.4, 0.5) is 0 Å². The largest absolute Gasteiger partial charge is 0.480 e. The molecule has 1 atom stereocenters. The molecule has 0 saturated heterocycles. The smallest absolute Gasteiger partial charge is 0.329 e. The van der Waals surface area contributed by atoms with E-state index in [1.165, 1.54) is 11.1 Å². The summed E-state index contributed by atoms with van der Waals surface area (Å²) < 4.78 is 5.57. The molecule has 2 aromatic carbocycles. The molecule has 1 N–H and O–H groups in total. The van der Waals surface area contributed by atoms with E-state index in [1.54, 1.807) is 23.5 Å². The van der Waals surface area contributed by atoms with Crippen LogP contribution in [0.25, 0.3) is 0 Å². The molecular weight excluding hydrogens is 364 g/mol. The Hall–Kier alpha value is -1.43. The summed E-state index contributed by atoms with van der Waals surface area (Å²) in [5.41, 5.74) is 2.53. The van der Waals surface area contributed by atoms with Crippen LogP contribution in [0.15, 0.2) is 60.7 Å². The molecule has 0 fully saturated rings. The lowest BCUT2D eigenvalue weighted by Crippen LogP contribution is -2.39. The summed E-state index contributed by atoms with van der Waals surface area (Å²) in [7, 11) is 0. The van der Waals surface area contributed by atoms with Gasteiger partial charge in [-0.2, -0.15) is 11.8 Å². The molecule has 5 heteroatoms. The zero-order valence-corrected chi connectivity index (χ0v) is 16.9. The van der Waals surface area contributed by atoms with Gasteiger partial charge in [0, 0.05) is 22.0 Å². The van der Waals surface area contributed by atoms with Gasteiger partial charge in [0.2, 0.25) is 0 Å². The topological polar surface area (TPSA) is 46.5 Å². The molecule has 26 heavy (non-hydrogen) atoms. The Balaban J connectivity index is 1.93. The summed E-state index contributed by atoms with van der Waals surface area (Å²) in [6.07, 6.45) is -0.138. The van der Waals surface area contributed by atoms with Gasteiger partial charge in [-0.25, -0.2) is 4.79 Å². The van der Waals surface area contributed by atoms with Crippen LogP contribution in [0, 0.1) is 0 Å². The van der Waals surface area contributed by atoms with Gasteiger partial charge in [-0.3, -0.25) is 0 Å². The highest BCUT2D eigenvalue weighted by molar-refractivity contribution is 8.00. The minimum atomic E-state index is -0.924. The van der Waals surface area contributed by atoms with E-state index < -0.39 is 5.97 Å². The number of thioether (sulfide) groups is 2. The van der Waals surface area contributed by atoms with Gasteiger partial charge in [0.25, 0.3) is 0 Å². The third-order valence-electron chi connectivity index (χ3n) is 4.02. The van der Waals surface area contributed by atoms with Crippen molar-refractivity contribution < 1.29 is 14.6 Å². The number of ether oxygens (including phenoxy) is 1. The molecule has 1 unspecified atom stereocenters. The van der Waals surface area contributed by atoms with E-state index in [0.29, 0.717) is 0 Å². The summed E-state index contributed by atoms with van der Waals surface area (Å²) in [5.74, 6) is 1.61. The molecule has 0 heterocycles. The number of hydrogen-bond acceptors (Lipinski definition) is 4. The van der Waals surface area contributed by atoms with Gasteiger partial charge in [-0.15, -0.1) is 11.8 Å². The normalized spacial score (nSPS) is 12.7. The highest BCUT2D eigenvalue weighted by Crippen LogP contribution is 2.35. The Morgan fingerprint density at radius 3 is 2.08 bits per heavy atom. The first-order valence-corrected chi connectivity index (χ1v) is 10.7. The van der Waals surface area contributed by atoms with Crippen LogP contribution in [0.2, 0.25) is 0 Å². The number of carboxylic acids is 1. The Kier molecular flexibility index (Phi) is 8.55. The molecular formula is C21H26O3S2. The first kappa shape index (κ1) is 20.9. The van der Waals surface area contributed by atoms with Gasteiger partial charge < -0.3 is 9.84 Å². The molecule has 0 aliphatic heterocycles. The molecule has 0 aromatic heterocycles. The minimum absolute atomic E-state index is 0.138. The second-order valence-electron chi connectivity index (χ2n) is 6.57. The summed E-state index contributed by atoms with van der Waals surface area (Å²) in [4.78, 5) is 11.0. The maximum atomic E-state index is 11.0. The van der Waals surface area contributed by atoms with Gasteiger partial charge in [0.05, 0.1) is 6.10 Å². The molecule has 0 aliphatic carbocycles. The van der Waals surface area contributed by atoms with Crippen molar-refractivity contribution in [3.05, 3.63) is 71.8 Å². The van der Waals surface area contributed by atoms with E-state index >= 15 is 0 Å². The quantitative estimate of drug-likeness (QED) is 0.578. The third kappa shape index (κ3) is 7.44. The van der Waals surface area contributed by atoms with Crippen molar-refractivity contribution >= 4 is 29.5 Å². The summed E-state index contributed by atoms with van der Waals surface area (Å²) in [6.45, 7) is 4.01. The molecule has 3 nitrogen and oxygen atoms in total. The zero-order valence-electron chi connectivity index (χ0n) is 15.3. The van der Waals surface area contributed by atoms with Gasteiger partial charge in [0.1, 0.15) is 6.61 Å². The Labute approximate surface area is 164 Å². The molecule has 2 aromatic rings. The molecule has 0 bridgehead atoms. The lowest BCUT2D eigenvalue weighted by Gasteiger charge is -2.33. The summed E-state index contributed by atoms with van der Waals surface area (Å²) >= 11 is 3.59. The fourth-order valence-electron chi connectivity index (χ4n) is 2.42. The van der Waals surface area contributed by atoms with Gasteiger partial charge in [-0.05, 0) is 25.0 Å². The number of benzene rings is 2. The fraction of sp³-hybridized carbons (Fsp3) is 0.381. The van der Waals surface area contributed by atoms with Crippen LogP contribution in [0.3, 0.4) is 0 Å². The van der Waals surface area contributed by atoms with Crippen molar-refractivity contribution in [3.8, 4) is 0 Å². The SMILES string of the molecule is CC(C)(SCc1ccccc1)C(CSCc1ccccc1)OCC(=O)O. The number of carbonyl (C=O) groups is 1. The second kappa shape index (κ2) is 10.7. The third-order valence-corrected chi connectivity index (χ3v) is 6.58. The average Bonchev–Trinajstić information content (AvgIpc) is 2.64. The molecule has 0 radical (unpaired) electrons. The standard InChI is InChI=1S/C21H26O3S2/c1-21(2,26-15-18-11-7-4-8-12-18)19(24-13-20(22)23)16-25-14-17-9-5-3-6-10-17/h3-12,19H,13-16H2,1-2H3,(H,22,23). The summed E-state index contributed by atoms with van der Waals surface area (Å²) in [5, 5.41) is 9.00. The minimum Gasteiger partial charge on any atom is -0.480 e. The highest BCUT2D eigenvalue weighted by atomic mass is 32.2. The van der Waals surface area contributed by atoms with Crippen molar-refractivity contribution in [2.45, 2.75) is 36.2 Å². The van der Waals surface area contributed by atoms with Gasteiger partial charge in [-0.1, -0.05) is 60.7 Å². The second-order valence-corrected chi connectivity index (χ2v) is 9.23. The van der Waals surface area contributed by atoms with Gasteiger partial charge >= 0.3 is 5.97 Å². The number of hydrogen-bond donors (Lipinski definition) is 1. The maximum Gasteiger partial charge on any atom is 0.329 e. The van der Waals surface area contributed by atoms with Crippen LogP contribution < -0.4 is 0 Å². The average molecular weight is 391 g/mol. The molecule has 0 spiro atoms. The highest BCUT2D eigenvalue weighted by Gasteiger charge is 2.31. The lowest BCUT2D eigenvalue weighted by atomic mass is 10.1. The van der Waals surface area contributed by atoms with Crippen molar-refractivity contribution in [1.82, 2.24) is 0 Å². The van der Waals surface area contributed by atoms with Crippen molar-refractivity contribution in [3.63, 3.8) is 0 Å². The van der Waals surface area contributed by atoms with Crippen LogP contribution in [0.5, 0.6) is 0 Å². The van der Waals surface area contributed by atoms with Crippen LogP contribution in [0.1, 0.15) is 25.0 Å². The van der Waals surface area contributed by atoms with E-state index in [1.807, 2.05) is 36.4 Å². The van der Waals surface area contributed by atoms with Gasteiger partial charge in [0.15, 0.2) is 0 Å².